The molecule has 1 aliphatic heterocycles. The standard InChI is InChI=1S/C15H22N2O2/c1-11(15(18)19)13-7-8-17(9-13)10-14(16)12-5-3-2-4-6-12/h2-6,11,13-14H,7-10,16H2,1H3,(H,18,19)/t11?,13?,14-/m1/s1. The Morgan fingerprint density at radius 1 is 1.47 bits per heavy atom. The maximum atomic E-state index is 11.0. The van der Waals surface area contributed by atoms with Crippen LogP contribution >= 0.6 is 0 Å². The number of rotatable bonds is 5. The molecule has 3 N–H and O–H groups in total. The number of benzene rings is 1. The molecule has 2 rings (SSSR count). The van der Waals surface area contributed by atoms with E-state index in [2.05, 4.69) is 4.90 Å². The zero-order valence-corrected chi connectivity index (χ0v) is 11.3. The van der Waals surface area contributed by atoms with Crippen molar-refractivity contribution in [3.63, 3.8) is 0 Å². The van der Waals surface area contributed by atoms with Gasteiger partial charge in [-0.15, -0.1) is 0 Å². The van der Waals surface area contributed by atoms with Crippen molar-refractivity contribution in [3.05, 3.63) is 35.9 Å². The van der Waals surface area contributed by atoms with Crippen molar-refractivity contribution in [1.29, 1.82) is 0 Å². The molecule has 0 spiro atoms. The van der Waals surface area contributed by atoms with Gasteiger partial charge in [0.25, 0.3) is 0 Å². The van der Waals surface area contributed by atoms with Gasteiger partial charge in [-0.3, -0.25) is 4.79 Å². The quantitative estimate of drug-likeness (QED) is 0.848. The molecule has 1 heterocycles. The Labute approximate surface area is 114 Å². The van der Waals surface area contributed by atoms with Crippen molar-refractivity contribution in [3.8, 4) is 0 Å². The summed E-state index contributed by atoms with van der Waals surface area (Å²) in [4.78, 5) is 13.3. The van der Waals surface area contributed by atoms with Gasteiger partial charge in [0.15, 0.2) is 0 Å². The third kappa shape index (κ3) is 3.55. The number of hydrogen-bond acceptors (Lipinski definition) is 3. The molecule has 2 unspecified atom stereocenters. The van der Waals surface area contributed by atoms with Crippen LogP contribution in [-0.2, 0) is 4.79 Å². The summed E-state index contributed by atoms with van der Waals surface area (Å²) in [6.07, 6.45) is 0.953. The minimum atomic E-state index is -0.695. The molecule has 104 valence electrons. The van der Waals surface area contributed by atoms with Gasteiger partial charge in [-0.25, -0.2) is 0 Å². The Bertz CT molecular complexity index is 421. The number of likely N-dealkylation sites (tertiary alicyclic amines) is 1. The monoisotopic (exact) mass is 262 g/mol. The summed E-state index contributed by atoms with van der Waals surface area (Å²) in [6, 6.07) is 10.1. The van der Waals surface area contributed by atoms with Gasteiger partial charge in [0.05, 0.1) is 5.92 Å². The first-order valence-corrected chi connectivity index (χ1v) is 6.83. The van der Waals surface area contributed by atoms with E-state index in [0.717, 1.165) is 31.6 Å². The number of aliphatic carboxylic acids is 1. The lowest BCUT2D eigenvalue weighted by atomic mass is 9.94. The van der Waals surface area contributed by atoms with Crippen LogP contribution in [0.25, 0.3) is 0 Å². The van der Waals surface area contributed by atoms with Crippen LogP contribution in [0.1, 0.15) is 24.9 Å². The maximum absolute atomic E-state index is 11.0. The summed E-state index contributed by atoms with van der Waals surface area (Å²) in [6.45, 7) is 4.39. The number of nitrogens with zero attached hydrogens (tertiary/aromatic N) is 1. The molecule has 3 atom stereocenters. The van der Waals surface area contributed by atoms with Crippen molar-refractivity contribution in [2.24, 2.45) is 17.6 Å². The molecule has 1 aromatic carbocycles. The molecule has 4 heteroatoms. The van der Waals surface area contributed by atoms with E-state index in [4.69, 9.17) is 10.8 Å². The van der Waals surface area contributed by atoms with Crippen molar-refractivity contribution in [2.75, 3.05) is 19.6 Å². The third-order valence-corrected chi connectivity index (χ3v) is 4.09. The molecule has 1 aromatic rings. The van der Waals surface area contributed by atoms with Gasteiger partial charge in [0.1, 0.15) is 0 Å². The molecule has 0 bridgehead atoms. The largest absolute Gasteiger partial charge is 0.481 e. The molecule has 1 saturated heterocycles. The van der Waals surface area contributed by atoms with E-state index in [9.17, 15) is 4.79 Å². The van der Waals surface area contributed by atoms with Gasteiger partial charge in [-0.2, -0.15) is 0 Å². The smallest absolute Gasteiger partial charge is 0.306 e. The van der Waals surface area contributed by atoms with Crippen LogP contribution < -0.4 is 5.73 Å². The Balaban J connectivity index is 1.87. The fraction of sp³-hybridized carbons (Fsp3) is 0.533. The zero-order valence-electron chi connectivity index (χ0n) is 11.3. The predicted molar refractivity (Wildman–Crippen MR) is 74.7 cm³/mol. The highest BCUT2D eigenvalue weighted by Gasteiger charge is 2.31. The van der Waals surface area contributed by atoms with Gasteiger partial charge in [0.2, 0.25) is 0 Å². The van der Waals surface area contributed by atoms with Crippen molar-refractivity contribution < 1.29 is 9.90 Å². The second kappa shape index (κ2) is 6.17. The highest BCUT2D eigenvalue weighted by atomic mass is 16.4. The van der Waals surface area contributed by atoms with Crippen LogP contribution in [-0.4, -0.2) is 35.6 Å². The molecule has 4 nitrogen and oxygen atoms in total. The summed E-state index contributed by atoms with van der Waals surface area (Å²) in [7, 11) is 0. The Kier molecular flexibility index (Phi) is 4.56. The molecule has 0 radical (unpaired) electrons. The molecule has 1 aliphatic rings. The maximum Gasteiger partial charge on any atom is 0.306 e. The van der Waals surface area contributed by atoms with Crippen molar-refractivity contribution in [2.45, 2.75) is 19.4 Å². The van der Waals surface area contributed by atoms with Crippen LogP contribution in [0.4, 0.5) is 0 Å². The first-order valence-electron chi connectivity index (χ1n) is 6.83. The normalized spacial score (nSPS) is 23.2. The van der Waals surface area contributed by atoms with Gasteiger partial charge in [-0.1, -0.05) is 37.3 Å². The minimum Gasteiger partial charge on any atom is -0.481 e. The van der Waals surface area contributed by atoms with Gasteiger partial charge in [-0.05, 0) is 24.4 Å². The molecular weight excluding hydrogens is 240 g/mol. The summed E-state index contributed by atoms with van der Waals surface area (Å²) in [5.74, 6) is -0.711. The molecule has 0 aliphatic carbocycles. The van der Waals surface area contributed by atoms with E-state index in [-0.39, 0.29) is 17.9 Å². The second-order valence-electron chi connectivity index (χ2n) is 5.45. The lowest BCUT2D eigenvalue weighted by Gasteiger charge is -2.22. The van der Waals surface area contributed by atoms with Gasteiger partial charge >= 0.3 is 5.97 Å². The number of carboxylic acids is 1. The number of carboxylic acid groups (broad SMARTS) is 1. The Morgan fingerprint density at radius 2 is 2.16 bits per heavy atom. The highest BCUT2D eigenvalue weighted by Crippen LogP contribution is 2.25. The van der Waals surface area contributed by atoms with E-state index in [1.165, 1.54) is 0 Å². The molecule has 1 fully saturated rings. The lowest BCUT2D eigenvalue weighted by molar-refractivity contribution is -0.142. The highest BCUT2D eigenvalue weighted by molar-refractivity contribution is 5.69. The number of nitrogens with two attached hydrogens (primary N) is 1. The molecule has 0 aromatic heterocycles. The topological polar surface area (TPSA) is 66.6 Å². The van der Waals surface area contributed by atoms with Crippen molar-refractivity contribution >= 4 is 5.97 Å². The first-order chi connectivity index (χ1) is 9.08. The van der Waals surface area contributed by atoms with E-state index in [0.29, 0.717) is 0 Å². The van der Waals surface area contributed by atoms with E-state index in [1.807, 2.05) is 30.3 Å². The average Bonchev–Trinajstić information content (AvgIpc) is 2.87. The molecule has 0 saturated carbocycles. The number of hydrogen-bond donors (Lipinski definition) is 2. The summed E-state index contributed by atoms with van der Waals surface area (Å²) in [5, 5.41) is 9.05. The molecule has 0 amide bonds. The minimum absolute atomic E-state index is 0.0000779. The van der Waals surface area contributed by atoms with E-state index < -0.39 is 5.97 Å². The predicted octanol–water partition coefficient (Wildman–Crippen LogP) is 1.73. The summed E-state index contributed by atoms with van der Waals surface area (Å²) < 4.78 is 0. The van der Waals surface area contributed by atoms with Crippen LogP contribution in [0, 0.1) is 11.8 Å². The summed E-state index contributed by atoms with van der Waals surface area (Å²) >= 11 is 0. The van der Waals surface area contributed by atoms with Gasteiger partial charge in [0, 0.05) is 19.1 Å². The Morgan fingerprint density at radius 3 is 2.79 bits per heavy atom. The fourth-order valence-corrected chi connectivity index (χ4v) is 2.72. The third-order valence-electron chi connectivity index (χ3n) is 4.09. The number of carbonyl (C=O) groups is 1. The first kappa shape index (κ1) is 14.0. The molecule has 19 heavy (non-hydrogen) atoms. The lowest BCUT2D eigenvalue weighted by Crippen LogP contribution is -2.32. The van der Waals surface area contributed by atoms with Crippen LogP contribution in [0.15, 0.2) is 30.3 Å². The van der Waals surface area contributed by atoms with Crippen LogP contribution in [0.3, 0.4) is 0 Å². The average molecular weight is 262 g/mol. The van der Waals surface area contributed by atoms with Crippen molar-refractivity contribution in [1.82, 2.24) is 4.90 Å². The van der Waals surface area contributed by atoms with Crippen LogP contribution in [0.5, 0.6) is 0 Å². The van der Waals surface area contributed by atoms with Crippen LogP contribution in [0.2, 0.25) is 0 Å². The molecular formula is C15H22N2O2. The zero-order chi connectivity index (χ0) is 13.8. The fourth-order valence-electron chi connectivity index (χ4n) is 2.72. The summed E-state index contributed by atoms with van der Waals surface area (Å²) in [5.41, 5.74) is 7.33. The van der Waals surface area contributed by atoms with Gasteiger partial charge < -0.3 is 15.7 Å². The Hall–Kier alpha value is -1.39. The van der Waals surface area contributed by atoms with E-state index in [1.54, 1.807) is 6.92 Å². The van der Waals surface area contributed by atoms with E-state index >= 15 is 0 Å². The second-order valence-corrected chi connectivity index (χ2v) is 5.45. The SMILES string of the molecule is CC(C(=O)O)C1CCN(C[C@@H](N)c2ccccc2)C1.